The van der Waals surface area contributed by atoms with Crippen LogP contribution in [0.25, 0.3) is 5.69 Å². The van der Waals surface area contributed by atoms with Gasteiger partial charge in [-0.2, -0.15) is 0 Å². The third-order valence-electron chi connectivity index (χ3n) is 6.83. The van der Waals surface area contributed by atoms with E-state index in [-0.39, 0.29) is 40.9 Å². The fraction of sp³-hybridized carbons (Fsp3) is 0.500. The summed E-state index contributed by atoms with van der Waals surface area (Å²) in [4.78, 5) is 49.5. The van der Waals surface area contributed by atoms with Gasteiger partial charge in [-0.3, -0.25) is 9.59 Å². The number of hydrogen-bond acceptors (Lipinski definition) is 9. The number of amides is 2. The van der Waals surface area contributed by atoms with Gasteiger partial charge in [-0.15, -0.1) is 5.10 Å². The van der Waals surface area contributed by atoms with Crippen molar-refractivity contribution in [3.05, 3.63) is 53.6 Å². The minimum Gasteiger partial charge on any atom is -0.478 e. The number of hydrogen-bond donors (Lipinski definition) is 4. The summed E-state index contributed by atoms with van der Waals surface area (Å²) in [5.74, 6) is -3.46. The molecule has 3 heterocycles. The van der Waals surface area contributed by atoms with Gasteiger partial charge in [0.25, 0.3) is 5.91 Å². The Kier molecular flexibility index (Phi) is 12.3. The first-order valence-electron chi connectivity index (χ1n) is 13.9. The molecule has 2 aliphatic rings. The second kappa shape index (κ2) is 15.9. The van der Waals surface area contributed by atoms with Crippen LogP contribution in [0, 0.1) is 17.7 Å². The van der Waals surface area contributed by atoms with Crippen molar-refractivity contribution in [2.75, 3.05) is 45.9 Å². The second-order valence-electron chi connectivity index (χ2n) is 10.4. The summed E-state index contributed by atoms with van der Waals surface area (Å²) in [6.45, 7) is 7.26. The number of piperidine rings is 1. The number of aromatic nitrogens is 3. The molecular formula is C28H37FN6O8. The van der Waals surface area contributed by atoms with Gasteiger partial charge < -0.3 is 35.2 Å². The molecule has 2 fully saturated rings. The fourth-order valence-corrected chi connectivity index (χ4v) is 4.88. The number of para-hydroxylation sites is 1. The predicted octanol–water partition coefficient (Wildman–Crippen LogP) is 0.546. The summed E-state index contributed by atoms with van der Waals surface area (Å²) in [5.41, 5.74) is 0.214. The highest BCUT2D eigenvalue weighted by atomic mass is 19.1. The highest BCUT2D eigenvalue weighted by molar-refractivity contribution is 5.94. The van der Waals surface area contributed by atoms with Crippen molar-refractivity contribution < 1.29 is 43.6 Å². The first-order chi connectivity index (χ1) is 20.5. The summed E-state index contributed by atoms with van der Waals surface area (Å²) in [6.07, 6.45) is 1.64. The Hall–Kier alpha value is -4.21. The maximum Gasteiger partial charge on any atom is 0.328 e. The lowest BCUT2D eigenvalue weighted by atomic mass is 9.92. The molecule has 0 saturated carbocycles. The molecule has 2 saturated heterocycles. The summed E-state index contributed by atoms with van der Waals surface area (Å²) in [5, 5.41) is 37.0. The number of halogens is 1. The van der Waals surface area contributed by atoms with Crippen molar-refractivity contribution in [3.8, 4) is 5.69 Å². The molecule has 2 aromatic rings. The third-order valence-corrected chi connectivity index (χ3v) is 6.83. The van der Waals surface area contributed by atoms with E-state index in [1.54, 1.807) is 17.0 Å². The Morgan fingerprint density at radius 3 is 2.35 bits per heavy atom. The quantitative estimate of drug-likeness (QED) is 0.293. The molecule has 0 spiro atoms. The van der Waals surface area contributed by atoms with Crippen molar-refractivity contribution in [2.24, 2.45) is 11.8 Å². The number of carbonyl (C=O) groups excluding carboxylic acids is 2. The average Bonchev–Trinajstić information content (AvgIpc) is 3.43. The van der Waals surface area contributed by atoms with Gasteiger partial charge in [-0.25, -0.2) is 18.7 Å². The van der Waals surface area contributed by atoms with Crippen LogP contribution in [0.1, 0.15) is 36.5 Å². The number of aliphatic carboxylic acids is 2. The van der Waals surface area contributed by atoms with Crippen molar-refractivity contribution in [1.29, 1.82) is 0 Å². The van der Waals surface area contributed by atoms with Crippen LogP contribution in [-0.4, -0.2) is 116 Å². The first kappa shape index (κ1) is 33.3. The van der Waals surface area contributed by atoms with Gasteiger partial charge in [0.15, 0.2) is 5.69 Å². The molecule has 0 unspecified atom stereocenters. The maximum atomic E-state index is 14.4. The van der Waals surface area contributed by atoms with E-state index in [1.807, 2.05) is 18.7 Å². The molecule has 2 atom stereocenters. The molecule has 43 heavy (non-hydrogen) atoms. The number of aliphatic hydroxyl groups is 1. The van der Waals surface area contributed by atoms with E-state index >= 15 is 0 Å². The minimum absolute atomic E-state index is 0.0157. The number of carboxylic acid groups (broad SMARTS) is 2. The number of morpholine rings is 1. The third kappa shape index (κ3) is 9.14. The molecule has 14 nitrogen and oxygen atoms in total. The molecule has 4 N–H and O–H groups in total. The highest BCUT2D eigenvalue weighted by Crippen LogP contribution is 2.24. The zero-order valence-corrected chi connectivity index (χ0v) is 24.1. The molecule has 0 radical (unpaired) electrons. The average molecular weight is 605 g/mol. The van der Waals surface area contributed by atoms with E-state index in [4.69, 9.17) is 14.9 Å². The molecule has 234 valence electrons. The fourth-order valence-electron chi connectivity index (χ4n) is 4.88. The van der Waals surface area contributed by atoms with Crippen LogP contribution in [0.3, 0.4) is 0 Å². The van der Waals surface area contributed by atoms with E-state index in [1.165, 1.54) is 16.8 Å². The predicted molar refractivity (Wildman–Crippen MR) is 150 cm³/mol. The van der Waals surface area contributed by atoms with Gasteiger partial charge in [0.1, 0.15) is 17.2 Å². The number of nitrogens with zero attached hydrogens (tertiary/aromatic N) is 5. The summed E-state index contributed by atoms with van der Waals surface area (Å²) >= 11 is 0. The Morgan fingerprint density at radius 1 is 1.12 bits per heavy atom. The zero-order chi connectivity index (χ0) is 31.5. The van der Waals surface area contributed by atoms with Crippen LogP contribution in [0.4, 0.5) is 4.39 Å². The van der Waals surface area contributed by atoms with Crippen LogP contribution in [0.2, 0.25) is 0 Å². The summed E-state index contributed by atoms with van der Waals surface area (Å²) in [7, 11) is 0. The normalized spacial score (nSPS) is 18.7. The van der Waals surface area contributed by atoms with Crippen LogP contribution in [0.5, 0.6) is 0 Å². The zero-order valence-electron chi connectivity index (χ0n) is 24.1. The molecule has 15 heteroatoms. The van der Waals surface area contributed by atoms with E-state index in [0.29, 0.717) is 64.5 Å². The van der Waals surface area contributed by atoms with Gasteiger partial charge in [0, 0.05) is 50.9 Å². The number of rotatable bonds is 9. The maximum absolute atomic E-state index is 14.4. The van der Waals surface area contributed by atoms with Crippen LogP contribution in [0.15, 0.2) is 36.4 Å². The smallest absolute Gasteiger partial charge is 0.328 e. The first-order valence-corrected chi connectivity index (χ1v) is 13.9. The SMILES string of the molecule is CC(C)CN(C(=O)c1nnn(-c2ccccc2F)c1CO)[C@@H]1CNC[C@H](C(=O)N2CCOCC2)C1.O=C(O)C=CC(=O)O. The number of aliphatic hydroxyl groups excluding tert-OH is 1. The Labute approximate surface area is 247 Å². The Balaban J connectivity index is 0.000000557. The second-order valence-corrected chi connectivity index (χ2v) is 10.4. The molecule has 4 rings (SSSR count). The number of ether oxygens (including phenoxy) is 1. The van der Waals surface area contributed by atoms with Gasteiger partial charge >= 0.3 is 11.9 Å². The number of benzene rings is 1. The highest BCUT2D eigenvalue weighted by Gasteiger charge is 2.37. The van der Waals surface area contributed by atoms with Crippen LogP contribution < -0.4 is 5.32 Å². The van der Waals surface area contributed by atoms with Crippen molar-refractivity contribution in [2.45, 2.75) is 32.9 Å². The number of carbonyl (C=O) groups is 4. The van der Waals surface area contributed by atoms with Crippen molar-refractivity contribution in [3.63, 3.8) is 0 Å². The van der Waals surface area contributed by atoms with E-state index < -0.39 is 30.3 Å². The molecule has 1 aromatic heterocycles. The van der Waals surface area contributed by atoms with Crippen molar-refractivity contribution >= 4 is 23.8 Å². The molecule has 1 aromatic carbocycles. The molecule has 2 amide bonds. The van der Waals surface area contributed by atoms with E-state index in [2.05, 4.69) is 15.6 Å². The van der Waals surface area contributed by atoms with E-state index in [9.17, 15) is 28.7 Å². The molecule has 0 aliphatic carbocycles. The number of carboxylic acids is 2. The molecular weight excluding hydrogens is 567 g/mol. The largest absolute Gasteiger partial charge is 0.478 e. The molecule has 0 bridgehead atoms. The Morgan fingerprint density at radius 2 is 1.77 bits per heavy atom. The lowest BCUT2D eigenvalue weighted by molar-refractivity contribution is -0.140. The van der Waals surface area contributed by atoms with Gasteiger partial charge in [-0.1, -0.05) is 31.2 Å². The minimum atomic E-state index is -1.26. The van der Waals surface area contributed by atoms with E-state index in [0.717, 1.165) is 0 Å². The molecule has 2 aliphatic heterocycles. The lowest BCUT2D eigenvalue weighted by Gasteiger charge is -2.40. The summed E-state index contributed by atoms with van der Waals surface area (Å²) < 4.78 is 20.9. The standard InChI is InChI=1S/C24H33FN6O4.C4H4O4/c1-16(2)14-30(18-11-17(12-26-13-18)23(33)29-7-9-35-10-8-29)24(34)22-21(15-32)31(28-27-22)20-6-4-3-5-19(20)25;5-3(6)1-2-4(7)8/h3-6,16-18,26,32H,7-15H2,1-2H3;1-2H,(H,5,6)(H,7,8)/t17-,18+;/m1./s1. The van der Waals surface area contributed by atoms with Gasteiger partial charge in [-0.05, 0) is 24.5 Å². The Bertz CT molecular complexity index is 1290. The van der Waals surface area contributed by atoms with Crippen LogP contribution in [-0.2, 0) is 25.7 Å². The van der Waals surface area contributed by atoms with Crippen LogP contribution >= 0.6 is 0 Å². The number of nitrogens with one attached hydrogen (secondary N) is 1. The van der Waals surface area contributed by atoms with Gasteiger partial charge in [0.2, 0.25) is 5.91 Å². The van der Waals surface area contributed by atoms with Crippen molar-refractivity contribution in [1.82, 2.24) is 30.1 Å². The topological polar surface area (TPSA) is 187 Å². The lowest BCUT2D eigenvalue weighted by Crippen LogP contribution is -2.56. The summed E-state index contributed by atoms with van der Waals surface area (Å²) in [6, 6.07) is 5.75. The monoisotopic (exact) mass is 604 g/mol. The van der Waals surface area contributed by atoms with Gasteiger partial charge in [0.05, 0.1) is 25.7 Å².